The Morgan fingerprint density at radius 2 is 2.00 bits per heavy atom. The fourth-order valence-corrected chi connectivity index (χ4v) is 2.69. The van der Waals surface area contributed by atoms with Crippen molar-refractivity contribution >= 4 is 27.8 Å². The van der Waals surface area contributed by atoms with Gasteiger partial charge in [0.15, 0.2) is 17.6 Å². The molecule has 7 nitrogen and oxygen atoms in total. The van der Waals surface area contributed by atoms with Crippen LogP contribution < -0.4 is 14.8 Å². The molecule has 8 heteroatoms. The minimum Gasteiger partial charge on any atom is -0.507 e. The van der Waals surface area contributed by atoms with Crippen LogP contribution in [0.1, 0.15) is 22.8 Å². The number of phenols is 1. The predicted octanol–water partition coefficient (Wildman–Crippen LogP) is 2.75. The number of carbonyl (C=O) groups is 2. The zero-order valence-electron chi connectivity index (χ0n) is 13.8. The lowest BCUT2D eigenvalue weighted by Gasteiger charge is -2.14. The normalized spacial score (nSPS) is 13.2. The largest absolute Gasteiger partial charge is 0.507 e. The number of hydrogen-bond donors (Lipinski definition) is 2. The Hall–Kier alpha value is -2.74. The van der Waals surface area contributed by atoms with Crippen LogP contribution in [0, 0.1) is 0 Å². The number of rotatable bonds is 5. The number of carbonyl (C=O) groups excluding carboxylic acids is 2. The number of amides is 1. The molecule has 2 aromatic carbocycles. The van der Waals surface area contributed by atoms with Crippen LogP contribution in [0.25, 0.3) is 0 Å². The van der Waals surface area contributed by atoms with Crippen molar-refractivity contribution in [3.63, 3.8) is 0 Å². The van der Waals surface area contributed by atoms with E-state index in [1.54, 1.807) is 18.2 Å². The summed E-state index contributed by atoms with van der Waals surface area (Å²) in [4.78, 5) is 24.3. The van der Waals surface area contributed by atoms with E-state index in [0.29, 0.717) is 16.0 Å². The summed E-state index contributed by atoms with van der Waals surface area (Å²) in [6.07, 6.45) is -1.02. The fraction of sp³-hybridized carbons (Fsp3) is 0.222. The average molecular weight is 422 g/mol. The lowest BCUT2D eigenvalue weighted by atomic mass is 10.2. The van der Waals surface area contributed by atoms with Crippen molar-refractivity contribution in [1.82, 2.24) is 5.32 Å². The molecule has 2 N–H and O–H groups in total. The Kier molecular flexibility index (Phi) is 5.32. The van der Waals surface area contributed by atoms with Crippen LogP contribution in [0.5, 0.6) is 17.2 Å². The van der Waals surface area contributed by atoms with E-state index in [1.807, 2.05) is 6.07 Å². The number of fused-ring (bicyclic) bond motifs is 1. The van der Waals surface area contributed by atoms with Gasteiger partial charge in [0.1, 0.15) is 11.3 Å². The molecule has 26 heavy (non-hydrogen) atoms. The van der Waals surface area contributed by atoms with Gasteiger partial charge in [-0.25, -0.2) is 4.79 Å². The van der Waals surface area contributed by atoms with Gasteiger partial charge in [-0.05, 0) is 42.8 Å². The molecule has 3 rings (SSSR count). The molecular weight excluding hydrogens is 406 g/mol. The molecule has 1 unspecified atom stereocenters. The smallest absolute Gasteiger partial charge is 0.342 e. The molecule has 0 saturated carbocycles. The first-order valence-corrected chi connectivity index (χ1v) is 8.59. The van der Waals surface area contributed by atoms with Gasteiger partial charge in [0.05, 0.1) is 0 Å². The number of nitrogens with one attached hydrogen (secondary N) is 1. The Morgan fingerprint density at radius 3 is 2.81 bits per heavy atom. The fourth-order valence-electron chi connectivity index (χ4n) is 2.33. The van der Waals surface area contributed by atoms with Crippen LogP contribution >= 0.6 is 15.9 Å². The van der Waals surface area contributed by atoms with Crippen LogP contribution in [0.2, 0.25) is 0 Å². The highest BCUT2D eigenvalue weighted by Gasteiger charge is 2.21. The van der Waals surface area contributed by atoms with Crippen LogP contribution in [0.3, 0.4) is 0 Å². The number of aromatic hydroxyl groups is 1. The maximum absolute atomic E-state index is 12.2. The number of benzene rings is 2. The van der Waals surface area contributed by atoms with Gasteiger partial charge in [0.2, 0.25) is 6.79 Å². The van der Waals surface area contributed by atoms with Crippen molar-refractivity contribution in [2.75, 3.05) is 6.79 Å². The maximum atomic E-state index is 12.2. The van der Waals surface area contributed by atoms with Crippen molar-refractivity contribution in [3.05, 3.63) is 52.0 Å². The second-order valence-electron chi connectivity index (χ2n) is 5.61. The predicted molar refractivity (Wildman–Crippen MR) is 95.1 cm³/mol. The Labute approximate surface area is 158 Å². The SMILES string of the molecule is CC(OC(=O)c1cc(Br)ccc1O)C(=O)NCc1ccc2c(c1)OCO2. The summed E-state index contributed by atoms with van der Waals surface area (Å²) in [5.41, 5.74) is 0.806. The second-order valence-corrected chi connectivity index (χ2v) is 6.53. The molecule has 1 aliphatic rings. The highest BCUT2D eigenvalue weighted by molar-refractivity contribution is 9.10. The summed E-state index contributed by atoms with van der Waals surface area (Å²) < 4.78 is 16.2. The second kappa shape index (κ2) is 7.65. The summed E-state index contributed by atoms with van der Waals surface area (Å²) in [6.45, 7) is 1.89. The van der Waals surface area contributed by atoms with Gasteiger partial charge in [0.25, 0.3) is 5.91 Å². The first kappa shape index (κ1) is 18.1. The van der Waals surface area contributed by atoms with E-state index < -0.39 is 18.0 Å². The zero-order valence-corrected chi connectivity index (χ0v) is 15.4. The van der Waals surface area contributed by atoms with Gasteiger partial charge >= 0.3 is 5.97 Å². The minimum absolute atomic E-state index is 0.0187. The van der Waals surface area contributed by atoms with Gasteiger partial charge in [-0.3, -0.25) is 4.79 Å². The van der Waals surface area contributed by atoms with Crippen molar-refractivity contribution in [3.8, 4) is 17.2 Å². The summed E-state index contributed by atoms with van der Waals surface area (Å²) in [5, 5.41) is 12.4. The van der Waals surface area contributed by atoms with E-state index in [9.17, 15) is 14.7 Å². The molecular formula is C18H16BrNO6. The van der Waals surface area contributed by atoms with E-state index in [-0.39, 0.29) is 24.7 Å². The number of phenolic OH excluding ortho intramolecular Hbond substituents is 1. The molecule has 0 spiro atoms. The van der Waals surface area contributed by atoms with E-state index in [4.69, 9.17) is 14.2 Å². The lowest BCUT2D eigenvalue weighted by Crippen LogP contribution is -2.35. The summed E-state index contributed by atoms with van der Waals surface area (Å²) in [6, 6.07) is 9.74. The molecule has 1 atom stereocenters. The number of halogens is 1. The molecule has 0 fully saturated rings. The average Bonchev–Trinajstić information content (AvgIpc) is 3.09. The Bertz CT molecular complexity index is 854. The highest BCUT2D eigenvalue weighted by Crippen LogP contribution is 2.32. The van der Waals surface area contributed by atoms with Gasteiger partial charge in [0, 0.05) is 11.0 Å². The van der Waals surface area contributed by atoms with Gasteiger partial charge < -0.3 is 24.6 Å². The third-order valence-electron chi connectivity index (χ3n) is 3.74. The van der Waals surface area contributed by atoms with Crippen molar-refractivity contribution in [2.24, 2.45) is 0 Å². The van der Waals surface area contributed by atoms with Crippen molar-refractivity contribution in [2.45, 2.75) is 19.6 Å². The molecule has 1 amide bonds. The molecule has 0 aromatic heterocycles. The highest BCUT2D eigenvalue weighted by atomic mass is 79.9. The van der Waals surface area contributed by atoms with Gasteiger partial charge in [-0.15, -0.1) is 0 Å². The van der Waals surface area contributed by atoms with E-state index in [1.165, 1.54) is 19.1 Å². The van der Waals surface area contributed by atoms with Gasteiger partial charge in [-0.1, -0.05) is 22.0 Å². The molecule has 136 valence electrons. The molecule has 0 radical (unpaired) electrons. The quantitative estimate of drug-likeness (QED) is 0.720. The van der Waals surface area contributed by atoms with Crippen LogP contribution in [-0.4, -0.2) is 29.9 Å². The van der Waals surface area contributed by atoms with Gasteiger partial charge in [-0.2, -0.15) is 0 Å². The van der Waals surface area contributed by atoms with Crippen molar-refractivity contribution < 1.29 is 28.9 Å². The first-order chi connectivity index (χ1) is 12.4. The van der Waals surface area contributed by atoms with Crippen LogP contribution in [0.15, 0.2) is 40.9 Å². The van der Waals surface area contributed by atoms with Crippen LogP contribution in [-0.2, 0) is 16.1 Å². The maximum Gasteiger partial charge on any atom is 0.342 e. The minimum atomic E-state index is -1.02. The zero-order chi connectivity index (χ0) is 18.7. The molecule has 1 heterocycles. The number of ether oxygens (including phenoxy) is 3. The molecule has 0 bridgehead atoms. The molecule has 0 aliphatic carbocycles. The van der Waals surface area contributed by atoms with E-state index in [0.717, 1.165) is 5.56 Å². The summed E-state index contributed by atoms with van der Waals surface area (Å²) in [7, 11) is 0. The molecule has 0 saturated heterocycles. The number of esters is 1. The van der Waals surface area contributed by atoms with E-state index in [2.05, 4.69) is 21.2 Å². The third kappa shape index (κ3) is 4.08. The summed E-state index contributed by atoms with van der Waals surface area (Å²) >= 11 is 3.21. The third-order valence-corrected chi connectivity index (χ3v) is 4.23. The first-order valence-electron chi connectivity index (χ1n) is 7.80. The topological polar surface area (TPSA) is 94.1 Å². The number of hydrogen-bond acceptors (Lipinski definition) is 6. The standard InChI is InChI=1S/C18H16BrNO6/c1-10(26-18(23)13-7-12(19)3-4-14(13)21)17(22)20-8-11-2-5-15-16(6-11)25-9-24-15/h2-7,10,21H,8-9H2,1H3,(H,20,22). The Balaban J connectivity index is 1.56. The molecule has 1 aliphatic heterocycles. The summed E-state index contributed by atoms with van der Waals surface area (Å²) in [5.74, 6) is -0.163. The van der Waals surface area contributed by atoms with Crippen molar-refractivity contribution in [1.29, 1.82) is 0 Å². The molecule has 2 aromatic rings. The Morgan fingerprint density at radius 1 is 1.23 bits per heavy atom. The lowest BCUT2D eigenvalue weighted by molar-refractivity contribution is -0.129. The van der Waals surface area contributed by atoms with Crippen LogP contribution in [0.4, 0.5) is 0 Å². The van der Waals surface area contributed by atoms with E-state index >= 15 is 0 Å². The monoisotopic (exact) mass is 421 g/mol.